The maximum atomic E-state index is 12.9. The second-order valence-electron chi connectivity index (χ2n) is 7.89. The predicted octanol–water partition coefficient (Wildman–Crippen LogP) is 3.75. The number of nitro benzene ring substituents is 1. The summed E-state index contributed by atoms with van der Waals surface area (Å²) in [7, 11) is 0. The fraction of sp³-hybridized carbons (Fsp3) is 0.409. The number of piperidine rings is 1. The minimum absolute atomic E-state index is 0.0582. The van der Waals surface area contributed by atoms with Gasteiger partial charge in [-0.05, 0) is 49.3 Å². The molecule has 1 aliphatic heterocycles. The van der Waals surface area contributed by atoms with Crippen molar-refractivity contribution in [1.29, 1.82) is 0 Å². The van der Waals surface area contributed by atoms with E-state index < -0.39 is 11.0 Å². The summed E-state index contributed by atoms with van der Waals surface area (Å²) in [5.41, 5.74) is 1.64. The van der Waals surface area contributed by atoms with Gasteiger partial charge in [0.2, 0.25) is 0 Å². The maximum Gasteiger partial charge on any atom is 0.293 e. The number of rotatable bonds is 6. The van der Waals surface area contributed by atoms with Gasteiger partial charge in [-0.2, -0.15) is 0 Å². The average molecular weight is 395 g/mol. The van der Waals surface area contributed by atoms with Gasteiger partial charge in [-0.25, -0.2) is 0 Å². The molecule has 0 radical (unpaired) electrons. The van der Waals surface area contributed by atoms with Crippen molar-refractivity contribution in [3.05, 3.63) is 69.8 Å². The van der Waals surface area contributed by atoms with E-state index in [2.05, 4.69) is 5.32 Å². The Hall–Kier alpha value is -2.93. The monoisotopic (exact) mass is 395 g/mol. The van der Waals surface area contributed by atoms with Crippen LogP contribution in [0.1, 0.15) is 47.7 Å². The second-order valence-corrected chi connectivity index (χ2v) is 7.89. The molecule has 0 bridgehead atoms. The van der Waals surface area contributed by atoms with Crippen molar-refractivity contribution in [2.75, 3.05) is 18.4 Å². The summed E-state index contributed by atoms with van der Waals surface area (Å²) in [5, 5.41) is 25.2. The highest BCUT2D eigenvalue weighted by molar-refractivity contribution is 5.95. The third kappa shape index (κ3) is 4.40. The third-order valence-corrected chi connectivity index (χ3v) is 5.79. The van der Waals surface area contributed by atoms with E-state index in [1.807, 2.05) is 30.3 Å². The van der Waals surface area contributed by atoms with Crippen molar-refractivity contribution >= 4 is 17.3 Å². The fourth-order valence-corrected chi connectivity index (χ4v) is 3.91. The van der Waals surface area contributed by atoms with Gasteiger partial charge in [0, 0.05) is 30.8 Å². The number of nitrogens with one attached hydrogen (secondary N) is 1. The first-order valence-electron chi connectivity index (χ1n) is 10.1. The number of anilines is 1. The van der Waals surface area contributed by atoms with Crippen molar-refractivity contribution in [2.24, 2.45) is 5.92 Å². The molecule has 1 atom stereocenters. The molecule has 1 heterocycles. The number of likely N-dealkylation sites (tertiary alicyclic amines) is 1. The van der Waals surface area contributed by atoms with E-state index in [0.717, 1.165) is 18.4 Å². The number of carbonyl (C=O) groups excluding carboxylic acids is 1. The summed E-state index contributed by atoms with van der Waals surface area (Å²) in [6.45, 7) is 1.06. The van der Waals surface area contributed by atoms with E-state index >= 15 is 0 Å². The van der Waals surface area contributed by atoms with Gasteiger partial charge in [0.25, 0.3) is 11.6 Å². The van der Waals surface area contributed by atoms with Crippen LogP contribution in [0.2, 0.25) is 0 Å². The Morgan fingerprint density at radius 1 is 1.10 bits per heavy atom. The van der Waals surface area contributed by atoms with Crippen LogP contribution in [0.15, 0.2) is 48.5 Å². The molecule has 1 saturated heterocycles. The number of nitro groups is 1. The molecule has 1 aliphatic carbocycles. The first kappa shape index (κ1) is 19.4. The molecule has 2 N–H and O–H groups in total. The highest BCUT2D eigenvalue weighted by Crippen LogP contribution is 2.33. The number of aliphatic hydroxyl groups is 1. The van der Waals surface area contributed by atoms with Crippen molar-refractivity contribution in [1.82, 2.24) is 4.90 Å². The SMILES string of the molecule is O=C(c1ccc(NC2CC2)c([N+](=O)[O-])c1)N1CCC(C(O)c2ccccc2)CC1. The summed E-state index contributed by atoms with van der Waals surface area (Å²) in [5.74, 6) is -0.0976. The Balaban J connectivity index is 1.41. The minimum Gasteiger partial charge on any atom is -0.388 e. The van der Waals surface area contributed by atoms with Gasteiger partial charge in [0.15, 0.2) is 0 Å². The first-order chi connectivity index (χ1) is 14.0. The van der Waals surface area contributed by atoms with Crippen LogP contribution < -0.4 is 5.32 Å². The number of carbonyl (C=O) groups is 1. The molecule has 152 valence electrons. The van der Waals surface area contributed by atoms with Gasteiger partial charge in [-0.15, -0.1) is 0 Å². The van der Waals surface area contributed by atoms with Crippen LogP contribution in [0.25, 0.3) is 0 Å². The highest BCUT2D eigenvalue weighted by Gasteiger charge is 2.30. The van der Waals surface area contributed by atoms with Gasteiger partial charge >= 0.3 is 0 Å². The van der Waals surface area contributed by atoms with E-state index in [9.17, 15) is 20.0 Å². The normalized spacial score (nSPS) is 18.3. The van der Waals surface area contributed by atoms with Crippen LogP contribution >= 0.6 is 0 Å². The van der Waals surface area contributed by atoms with Crippen molar-refractivity contribution in [3.63, 3.8) is 0 Å². The van der Waals surface area contributed by atoms with Gasteiger partial charge in [0.1, 0.15) is 5.69 Å². The number of benzene rings is 2. The number of hydrogen-bond donors (Lipinski definition) is 2. The van der Waals surface area contributed by atoms with Crippen LogP contribution in [0.3, 0.4) is 0 Å². The predicted molar refractivity (Wildman–Crippen MR) is 110 cm³/mol. The van der Waals surface area contributed by atoms with Crippen LogP contribution in [0.5, 0.6) is 0 Å². The molecule has 1 unspecified atom stereocenters. The van der Waals surface area contributed by atoms with Gasteiger partial charge in [-0.1, -0.05) is 30.3 Å². The maximum absolute atomic E-state index is 12.9. The van der Waals surface area contributed by atoms with Crippen LogP contribution in [-0.4, -0.2) is 40.0 Å². The standard InChI is InChI=1S/C22H25N3O4/c26-21(15-4-2-1-3-5-15)16-10-12-24(13-11-16)22(27)17-6-9-19(23-18-7-8-18)20(14-17)25(28)29/h1-6,9,14,16,18,21,23,26H,7-8,10-13H2. The molecule has 0 aromatic heterocycles. The van der Waals surface area contributed by atoms with Crippen molar-refractivity contribution in [2.45, 2.75) is 37.8 Å². The molecule has 0 spiro atoms. The minimum atomic E-state index is -0.540. The Labute approximate surface area is 169 Å². The molecular weight excluding hydrogens is 370 g/mol. The third-order valence-electron chi connectivity index (χ3n) is 5.79. The van der Waals surface area contributed by atoms with E-state index in [0.29, 0.717) is 43.2 Å². The molecule has 7 nitrogen and oxygen atoms in total. The summed E-state index contributed by atoms with van der Waals surface area (Å²) >= 11 is 0. The average Bonchev–Trinajstić information content (AvgIpc) is 3.57. The lowest BCUT2D eigenvalue weighted by molar-refractivity contribution is -0.384. The zero-order chi connectivity index (χ0) is 20.4. The zero-order valence-corrected chi connectivity index (χ0v) is 16.2. The Morgan fingerprint density at radius 3 is 2.41 bits per heavy atom. The fourth-order valence-electron chi connectivity index (χ4n) is 3.91. The first-order valence-corrected chi connectivity index (χ1v) is 10.1. The van der Waals surface area contributed by atoms with Crippen LogP contribution in [0, 0.1) is 16.0 Å². The number of amides is 1. The van der Waals surface area contributed by atoms with Crippen LogP contribution in [-0.2, 0) is 0 Å². The smallest absolute Gasteiger partial charge is 0.293 e. The molecule has 2 aromatic rings. The molecule has 2 aromatic carbocycles. The molecule has 1 amide bonds. The van der Waals surface area contributed by atoms with Crippen molar-refractivity contribution < 1.29 is 14.8 Å². The second kappa shape index (κ2) is 8.21. The molecule has 2 fully saturated rings. The van der Waals surface area contributed by atoms with Crippen molar-refractivity contribution in [3.8, 4) is 0 Å². The molecular formula is C22H25N3O4. The quantitative estimate of drug-likeness (QED) is 0.574. The van der Waals surface area contributed by atoms with Gasteiger partial charge in [-0.3, -0.25) is 14.9 Å². The number of nitrogens with zero attached hydrogens (tertiary/aromatic N) is 2. The van der Waals surface area contributed by atoms with E-state index in [4.69, 9.17) is 0 Å². The molecule has 1 saturated carbocycles. The Morgan fingerprint density at radius 2 is 1.79 bits per heavy atom. The highest BCUT2D eigenvalue weighted by atomic mass is 16.6. The van der Waals surface area contributed by atoms with Gasteiger partial charge in [0.05, 0.1) is 11.0 Å². The molecule has 4 rings (SSSR count). The lowest BCUT2D eigenvalue weighted by Gasteiger charge is -2.34. The topological polar surface area (TPSA) is 95.7 Å². The van der Waals surface area contributed by atoms with Gasteiger partial charge < -0.3 is 15.3 Å². The molecule has 2 aliphatic rings. The number of hydrogen-bond acceptors (Lipinski definition) is 5. The lowest BCUT2D eigenvalue weighted by atomic mass is 9.87. The van der Waals surface area contributed by atoms with Crippen LogP contribution in [0.4, 0.5) is 11.4 Å². The zero-order valence-electron chi connectivity index (χ0n) is 16.2. The largest absolute Gasteiger partial charge is 0.388 e. The van der Waals surface area contributed by atoms with E-state index in [-0.39, 0.29) is 17.5 Å². The lowest BCUT2D eigenvalue weighted by Crippen LogP contribution is -2.39. The number of aliphatic hydroxyl groups excluding tert-OH is 1. The Bertz CT molecular complexity index is 890. The summed E-state index contributed by atoms with van der Waals surface area (Å²) in [6.07, 6.45) is 2.89. The summed E-state index contributed by atoms with van der Waals surface area (Å²) in [6, 6.07) is 14.5. The summed E-state index contributed by atoms with van der Waals surface area (Å²) < 4.78 is 0. The summed E-state index contributed by atoms with van der Waals surface area (Å²) in [4.78, 5) is 25.6. The van der Waals surface area contributed by atoms with E-state index in [1.165, 1.54) is 6.07 Å². The Kier molecular flexibility index (Phi) is 5.49. The molecule has 29 heavy (non-hydrogen) atoms. The molecule has 7 heteroatoms. The van der Waals surface area contributed by atoms with E-state index in [1.54, 1.807) is 17.0 Å².